The number of aromatic nitrogens is 3. The number of nitrogens with zero attached hydrogens (tertiary/aromatic N) is 3. The number of benzene rings is 1. The van der Waals surface area contributed by atoms with Crippen LogP contribution in [0.1, 0.15) is 17.0 Å². The lowest BCUT2D eigenvalue weighted by Gasteiger charge is -2.03. The lowest BCUT2D eigenvalue weighted by molar-refractivity contribution is 0.416. The topological polar surface area (TPSA) is 39.4 Å². The molecule has 2 aromatic heterocycles. The number of hydrogen-bond donors (Lipinski definition) is 0. The number of fused-ring (bicyclic) bond motifs is 1. The summed E-state index contributed by atoms with van der Waals surface area (Å²) >= 11 is 0. The average Bonchev–Trinajstić information content (AvgIpc) is 2.84. The van der Waals surface area contributed by atoms with E-state index in [9.17, 15) is 0 Å². The van der Waals surface area contributed by atoms with Crippen LogP contribution in [0, 0.1) is 6.92 Å². The number of pyridine rings is 1. The summed E-state index contributed by atoms with van der Waals surface area (Å²) in [5.41, 5.74) is 3.24. The summed E-state index contributed by atoms with van der Waals surface area (Å²) in [5.74, 6) is 1.66. The molecule has 19 heavy (non-hydrogen) atoms. The standard InChI is InChI=1S/C15H15N3O/c1-11-5-7-12(8-6-11)10-14-16-17-15-13(19-2)4-3-9-18(14)15/h3-9H,10H2,1-2H3. The molecule has 0 spiro atoms. The molecule has 1 aromatic carbocycles. The van der Waals surface area contributed by atoms with Gasteiger partial charge >= 0.3 is 0 Å². The van der Waals surface area contributed by atoms with E-state index in [1.54, 1.807) is 7.11 Å². The van der Waals surface area contributed by atoms with Crippen LogP contribution in [0.5, 0.6) is 5.75 Å². The maximum atomic E-state index is 5.28. The van der Waals surface area contributed by atoms with Crippen molar-refractivity contribution in [3.8, 4) is 5.75 Å². The summed E-state index contributed by atoms with van der Waals surface area (Å²) in [7, 11) is 1.64. The van der Waals surface area contributed by atoms with E-state index in [1.807, 2.05) is 22.7 Å². The molecule has 0 amide bonds. The first kappa shape index (κ1) is 11.7. The van der Waals surface area contributed by atoms with Crippen LogP contribution in [-0.2, 0) is 6.42 Å². The van der Waals surface area contributed by atoms with E-state index in [2.05, 4.69) is 41.4 Å². The molecule has 0 aliphatic heterocycles. The van der Waals surface area contributed by atoms with Gasteiger partial charge in [-0.3, -0.25) is 4.40 Å². The van der Waals surface area contributed by atoms with E-state index in [0.717, 1.165) is 23.6 Å². The third-order valence-electron chi connectivity index (χ3n) is 3.17. The normalized spacial score (nSPS) is 10.8. The van der Waals surface area contributed by atoms with Crippen LogP contribution in [0.25, 0.3) is 5.65 Å². The Hall–Kier alpha value is -2.36. The van der Waals surface area contributed by atoms with Gasteiger partial charge in [0.15, 0.2) is 5.75 Å². The molecule has 0 saturated heterocycles. The monoisotopic (exact) mass is 253 g/mol. The molecule has 0 aliphatic rings. The van der Waals surface area contributed by atoms with Gasteiger partial charge in [0, 0.05) is 12.6 Å². The Morgan fingerprint density at radius 1 is 1.11 bits per heavy atom. The highest BCUT2D eigenvalue weighted by Gasteiger charge is 2.09. The Labute approximate surface area is 111 Å². The Bertz CT molecular complexity index is 701. The summed E-state index contributed by atoms with van der Waals surface area (Å²) in [6, 6.07) is 12.3. The number of methoxy groups -OCH3 is 1. The fourth-order valence-electron chi connectivity index (χ4n) is 2.11. The molecule has 4 nitrogen and oxygen atoms in total. The van der Waals surface area contributed by atoms with Gasteiger partial charge in [-0.05, 0) is 24.6 Å². The van der Waals surface area contributed by atoms with Gasteiger partial charge in [0.2, 0.25) is 5.65 Å². The van der Waals surface area contributed by atoms with E-state index < -0.39 is 0 Å². The van der Waals surface area contributed by atoms with Gasteiger partial charge in [-0.15, -0.1) is 10.2 Å². The van der Waals surface area contributed by atoms with Crippen molar-refractivity contribution in [3.63, 3.8) is 0 Å². The van der Waals surface area contributed by atoms with E-state index >= 15 is 0 Å². The van der Waals surface area contributed by atoms with Crippen molar-refractivity contribution < 1.29 is 4.74 Å². The van der Waals surface area contributed by atoms with E-state index in [0.29, 0.717) is 0 Å². The SMILES string of the molecule is COc1cccn2c(Cc3ccc(C)cc3)nnc12. The van der Waals surface area contributed by atoms with E-state index in [1.165, 1.54) is 11.1 Å². The Balaban J connectivity index is 1.99. The van der Waals surface area contributed by atoms with Gasteiger partial charge in [-0.1, -0.05) is 29.8 Å². The van der Waals surface area contributed by atoms with Gasteiger partial charge in [-0.25, -0.2) is 0 Å². The second-order valence-electron chi connectivity index (χ2n) is 4.55. The van der Waals surface area contributed by atoms with Gasteiger partial charge in [0.1, 0.15) is 5.82 Å². The van der Waals surface area contributed by atoms with Gasteiger partial charge < -0.3 is 4.74 Å². The molecule has 3 rings (SSSR count). The van der Waals surface area contributed by atoms with Crippen molar-refractivity contribution in [2.24, 2.45) is 0 Å². The molecular weight excluding hydrogens is 238 g/mol. The van der Waals surface area contributed by atoms with Crippen LogP contribution in [-0.4, -0.2) is 21.7 Å². The third-order valence-corrected chi connectivity index (χ3v) is 3.17. The van der Waals surface area contributed by atoms with Crippen molar-refractivity contribution in [1.29, 1.82) is 0 Å². The summed E-state index contributed by atoms with van der Waals surface area (Å²) in [4.78, 5) is 0. The Morgan fingerprint density at radius 2 is 1.89 bits per heavy atom. The highest BCUT2D eigenvalue weighted by Crippen LogP contribution is 2.18. The average molecular weight is 253 g/mol. The zero-order valence-electron chi connectivity index (χ0n) is 11.0. The molecule has 0 aliphatic carbocycles. The number of ether oxygens (including phenoxy) is 1. The molecule has 0 atom stereocenters. The molecular formula is C15H15N3O. The highest BCUT2D eigenvalue weighted by atomic mass is 16.5. The van der Waals surface area contributed by atoms with Crippen molar-refractivity contribution in [3.05, 3.63) is 59.5 Å². The first-order valence-electron chi connectivity index (χ1n) is 6.20. The number of aryl methyl sites for hydroxylation is 1. The highest BCUT2D eigenvalue weighted by molar-refractivity contribution is 5.53. The molecule has 0 fully saturated rings. The van der Waals surface area contributed by atoms with E-state index in [-0.39, 0.29) is 0 Å². The molecule has 0 radical (unpaired) electrons. The fourth-order valence-corrected chi connectivity index (χ4v) is 2.11. The molecule has 4 heteroatoms. The lowest BCUT2D eigenvalue weighted by atomic mass is 10.1. The minimum atomic E-state index is 0.741. The predicted molar refractivity (Wildman–Crippen MR) is 73.5 cm³/mol. The number of hydrogen-bond acceptors (Lipinski definition) is 3. The van der Waals surface area contributed by atoms with Gasteiger partial charge in [-0.2, -0.15) is 0 Å². The van der Waals surface area contributed by atoms with Crippen LogP contribution in [0.4, 0.5) is 0 Å². The van der Waals surface area contributed by atoms with Crippen molar-refractivity contribution in [2.45, 2.75) is 13.3 Å². The van der Waals surface area contributed by atoms with Gasteiger partial charge in [0.05, 0.1) is 7.11 Å². The Morgan fingerprint density at radius 3 is 2.63 bits per heavy atom. The number of rotatable bonds is 3. The lowest BCUT2D eigenvalue weighted by Crippen LogP contribution is -1.97. The van der Waals surface area contributed by atoms with Crippen molar-refractivity contribution >= 4 is 5.65 Å². The molecule has 0 saturated carbocycles. The smallest absolute Gasteiger partial charge is 0.203 e. The Kier molecular flexibility index (Phi) is 2.91. The molecule has 3 aromatic rings. The summed E-state index contributed by atoms with van der Waals surface area (Å²) in [6.45, 7) is 2.08. The quantitative estimate of drug-likeness (QED) is 0.720. The van der Waals surface area contributed by atoms with Crippen LogP contribution < -0.4 is 4.74 Å². The molecule has 0 bridgehead atoms. The first-order valence-corrected chi connectivity index (χ1v) is 6.20. The molecule has 0 unspecified atom stereocenters. The second-order valence-corrected chi connectivity index (χ2v) is 4.55. The van der Waals surface area contributed by atoms with Crippen LogP contribution in [0.2, 0.25) is 0 Å². The maximum absolute atomic E-state index is 5.28. The largest absolute Gasteiger partial charge is 0.493 e. The zero-order valence-corrected chi connectivity index (χ0v) is 11.0. The third kappa shape index (κ3) is 2.17. The van der Waals surface area contributed by atoms with Crippen molar-refractivity contribution in [1.82, 2.24) is 14.6 Å². The van der Waals surface area contributed by atoms with E-state index in [4.69, 9.17) is 4.74 Å². The molecule has 0 N–H and O–H groups in total. The maximum Gasteiger partial charge on any atom is 0.203 e. The minimum Gasteiger partial charge on any atom is -0.493 e. The van der Waals surface area contributed by atoms with Crippen molar-refractivity contribution in [2.75, 3.05) is 7.11 Å². The first-order chi connectivity index (χ1) is 9.28. The summed E-state index contributed by atoms with van der Waals surface area (Å²) in [5, 5.41) is 8.45. The molecule has 2 heterocycles. The summed E-state index contributed by atoms with van der Waals surface area (Å²) in [6.07, 6.45) is 2.72. The van der Waals surface area contributed by atoms with Crippen LogP contribution in [0.15, 0.2) is 42.6 Å². The minimum absolute atomic E-state index is 0.741. The van der Waals surface area contributed by atoms with Gasteiger partial charge in [0.25, 0.3) is 0 Å². The second kappa shape index (κ2) is 4.72. The molecule has 96 valence electrons. The summed E-state index contributed by atoms with van der Waals surface area (Å²) < 4.78 is 7.25. The van der Waals surface area contributed by atoms with Crippen LogP contribution in [0.3, 0.4) is 0 Å². The van der Waals surface area contributed by atoms with Crippen LogP contribution >= 0.6 is 0 Å². The zero-order chi connectivity index (χ0) is 13.2. The predicted octanol–water partition coefficient (Wildman–Crippen LogP) is 2.64. The fraction of sp³-hybridized carbons (Fsp3) is 0.200.